The van der Waals surface area contributed by atoms with Crippen LogP contribution in [0.25, 0.3) is 0 Å². The number of thioether (sulfide) groups is 1. The minimum Gasteiger partial charge on any atom is -0.325 e. The zero-order valence-corrected chi connectivity index (χ0v) is 13.1. The van der Waals surface area contributed by atoms with E-state index in [2.05, 4.69) is 10.2 Å². The summed E-state index contributed by atoms with van der Waals surface area (Å²) >= 11 is 1.66. The van der Waals surface area contributed by atoms with Gasteiger partial charge in [0.25, 0.3) is 0 Å². The molecule has 116 valence electrons. The van der Waals surface area contributed by atoms with E-state index in [4.69, 9.17) is 0 Å². The number of amides is 1. The molecule has 3 nitrogen and oxygen atoms in total. The SMILES string of the molecule is O=C(CSCCN1CCCCCC1)Nc1ccc(F)cc1. The Morgan fingerprint density at radius 3 is 2.48 bits per heavy atom. The van der Waals surface area contributed by atoms with Gasteiger partial charge in [-0.15, -0.1) is 0 Å². The van der Waals surface area contributed by atoms with Crippen molar-refractivity contribution >= 4 is 23.4 Å². The molecular formula is C16H23FN2OS. The molecule has 1 aromatic carbocycles. The van der Waals surface area contributed by atoms with E-state index in [1.807, 2.05) is 0 Å². The van der Waals surface area contributed by atoms with Crippen molar-refractivity contribution in [3.63, 3.8) is 0 Å². The largest absolute Gasteiger partial charge is 0.325 e. The Labute approximate surface area is 130 Å². The van der Waals surface area contributed by atoms with E-state index < -0.39 is 0 Å². The molecule has 0 aliphatic carbocycles. The second kappa shape index (κ2) is 9.05. The van der Waals surface area contributed by atoms with E-state index in [1.54, 1.807) is 23.9 Å². The first kappa shape index (κ1) is 16.3. The highest BCUT2D eigenvalue weighted by atomic mass is 32.2. The van der Waals surface area contributed by atoms with Crippen LogP contribution in [0.2, 0.25) is 0 Å². The summed E-state index contributed by atoms with van der Waals surface area (Å²) in [6, 6.07) is 5.86. The Bertz CT molecular complexity index is 430. The Kier molecular flexibility index (Phi) is 7.03. The highest BCUT2D eigenvalue weighted by Gasteiger charge is 2.09. The summed E-state index contributed by atoms with van der Waals surface area (Å²) in [4.78, 5) is 14.3. The van der Waals surface area contributed by atoms with Crippen LogP contribution in [0.15, 0.2) is 24.3 Å². The lowest BCUT2D eigenvalue weighted by atomic mass is 10.2. The van der Waals surface area contributed by atoms with Gasteiger partial charge in [-0.3, -0.25) is 4.79 Å². The van der Waals surface area contributed by atoms with Crippen LogP contribution in [-0.2, 0) is 4.79 Å². The molecule has 1 fully saturated rings. The number of anilines is 1. The van der Waals surface area contributed by atoms with Crippen molar-refractivity contribution in [2.24, 2.45) is 0 Å². The summed E-state index contributed by atoms with van der Waals surface area (Å²) in [5.41, 5.74) is 0.648. The van der Waals surface area contributed by atoms with Gasteiger partial charge >= 0.3 is 0 Å². The molecule has 0 bridgehead atoms. The maximum atomic E-state index is 12.8. The van der Waals surface area contributed by atoms with Gasteiger partial charge in [0, 0.05) is 18.0 Å². The van der Waals surface area contributed by atoms with Crippen molar-refractivity contribution in [1.29, 1.82) is 0 Å². The van der Waals surface area contributed by atoms with Crippen LogP contribution < -0.4 is 5.32 Å². The predicted octanol–water partition coefficient (Wildman–Crippen LogP) is 3.37. The molecule has 0 spiro atoms. The van der Waals surface area contributed by atoms with E-state index in [9.17, 15) is 9.18 Å². The molecule has 0 aromatic heterocycles. The average molecular weight is 310 g/mol. The molecule has 1 aliphatic heterocycles. The van der Waals surface area contributed by atoms with Crippen LogP contribution in [0.5, 0.6) is 0 Å². The third-order valence-corrected chi connectivity index (χ3v) is 4.55. The number of hydrogen-bond acceptors (Lipinski definition) is 3. The number of halogens is 1. The maximum Gasteiger partial charge on any atom is 0.234 e. The highest BCUT2D eigenvalue weighted by molar-refractivity contribution is 7.99. The monoisotopic (exact) mass is 310 g/mol. The molecule has 1 heterocycles. The number of carbonyl (C=O) groups excluding carboxylic acids is 1. The van der Waals surface area contributed by atoms with Gasteiger partial charge in [-0.1, -0.05) is 12.8 Å². The lowest BCUT2D eigenvalue weighted by Crippen LogP contribution is -2.27. The molecule has 0 atom stereocenters. The second-order valence-electron chi connectivity index (χ2n) is 5.36. The van der Waals surface area contributed by atoms with Gasteiger partial charge in [0.15, 0.2) is 0 Å². The first-order valence-electron chi connectivity index (χ1n) is 7.59. The minimum atomic E-state index is -0.292. The molecule has 1 amide bonds. The molecule has 1 aliphatic rings. The van der Waals surface area contributed by atoms with Crippen LogP contribution in [0.1, 0.15) is 25.7 Å². The first-order valence-corrected chi connectivity index (χ1v) is 8.75. The average Bonchev–Trinajstić information content (AvgIpc) is 2.75. The lowest BCUT2D eigenvalue weighted by molar-refractivity contribution is -0.113. The lowest BCUT2D eigenvalue weighted by Gasteiger charge is -2.19. The third-order valence-electron chi connectivity index (χ3n) is 3.61. The molecule has 0 radical (unpaired) electrons. The Balaban J connectivity index is 1.59. The van der Waals surface area contributed by atoms with Crippen LogP contribution in [0.4, 0.5) is 10.1 Å². The molecule has 1 N–H and O–H groups in total. The number of rotatable bonds is 6. The Morgan fingerprint density at radius 2 is 1.81 bits per heavy atom. The van der Waals surface area contributed by atoms with Crippen LogP contribution in [-0.4, -0.2) is 41.9 Å². The standard InChI is InChI=1S/C16H23FN2OS/c17-14-5-7-15(8-6-14)18-16(20)13-21-12-11-19-9-3-1-2-4-10-19/h5-8H,1-4,9-13H2,(H,18,20). The Morgan fingerprint density at radius 1 is 1.14 bits per heavy atom. The van der Waals surface area contributed by atoms with Gasteiger partial charge in [-0.2, -0.15) is 11.8 Å². The normalized spacial score (nSPS) is 16.4. The number of nitrogens with zero attached hydrogens (tertiary/aromatic N) is 1. The van der Waals surface area contributed by atoms with Crippen LogP contribution >= 0.6 is 11.8 Å². The van der Waals surface area contributed by atoms with Gasteiger partial charge in [0.2, 0.25) is 5.91 Å². The quantitative estimate of drug-likeness (QED) is 0.818. The molecule has 0 saturated carbocycles. The van der Waals surface area contributed by atoms with Crippen molar-refractivity contribution in [2.45, 2.75) is 25.7 Å². The fourth-order valence-electron chi connectivity index (χ4n) is 2.45. The molecule has 2 rings (SSSR count). The maximum absolute atomic E-state index is 12.8. The molecular weight excluding hydrogens is 287 g/mol. The number of likely N-dealkylation sites (tertiary alicyclic amines) is 1. The van der Waals surface area contributed by atoms with Gasteiger partial charge in [-0.05, 0) is 50.2 Å². The van der Waals surface area contributed by atoms with Gasteiger partial charge in [-0.25, -0.2) is 4.39 Å². The van der Waals surface area contributed by atoms with Gasteiger partial charge in [0.1, 0.15) is 5.82 Å². The molecule has 0 unspecified atom stereocenters. The van der Waals surface area contributed by atoms with Crippen molar-refractivity contribution in [3.8, 4) is 0 Å². The summed E-state index contributed by atoms with van der Waals surface area (Å²) in [6.07, 6.45) is 5.30. The van der Waals surface area contributed by atoms with E-state index >= 15 is 0 Å². The number of benzene rings is 1. The molecule has 21 heavy (non-hydrogen) atoms. The zero-order chi connectivity index (χ0) is 14.9. The van der Waals surface area contributed by atoms with Crippen molar-refractivity contribution < 1.29 is 9.18 Å². The predicted molar refractivity (Wildman–Crippen MR) is 87.3 cm³/mol. The highest BCUT2D eigenvalue weighted by Crippen LogP contribution is 2.12. The van der Waals surface area contributed by atoms with Gasteiger partial charge < -0.3 is 10.2 Å². The van der Waals surface area contributed by atoms with Gasteiger partial charge in [0.05, 0.1) is 5.75 Å². The summed E-state index contributed by atoms with van der Waals surface area (Å²) in [5.74, 6) is 1.12. The van der Waals surface area contributed by atoms with E-state index in [1.165, 1.54) is 50.9 Å². The van der Waals surface area contributed by atoms with Crippen molar-refractivity contribution in [1.82, 2.24) is 4.90 Å². The number of hydrogen-bond donors (Lipinski definition) is 1. The first-order chi connectivity index (χ1) is 10.2. The topological polar surface area (TPSA) is 32.3 Å². The van der Waals surface area contributed by atoms with E-state index in [0.29, 0.717) is 11.4 Å². The zero-order valence-electron chi connectivity index (χ0n) is 12.3. The molecule has 5 heteroatoms. The fourth-order valence-corrected chi connectivity index (χ4v) is 3.24. The smallest absolute Gasteiger partial charge is 0.234 e. The van der Waals surface area contributed by atoms with Crippen molar-refractivity contribution in [2.75, 3.05) is 36.5 Å². The van der Waals surface area contributed by atoms with E-state index in [0.717, 1.165) is 12.3 Å². The summed E-state index contributed by atoms with van der Waals surface area (Å²) < 4.78 is 12.8. The molecule has 1 saturated heterocycles. The summed E-state index contributed by atoms with van der Waals surface area (Å²) in [5, 5.41) is 2.78. The molecule has 1 aromatic rings. The summed E-state index contributed by atoms with van der Waals surface area (Å²) in [7, 11) is 0. The minimum absolute atomic E-state index is 0.0255. The third kappa shape index (κ3) is 6.48. The van der Waals surface area contributed by atoms with Crippen LogP contribution in [0.3, 0.4) is 0 Å². The fraction of sp³-hybridized carbons (Fsp3) is 0.562. The second-order valence-corrected chi connectivity index (χ2v) is 6.47. The van der Waals surface area contributed by atoms with E-state index in [-0.39, 0.29) is 11.7 Å². The Hall–Kier alpha value is -1.07. The van der Waals surface area contributed by atoms with Crippen LogP contribution in [0, 0.1) is 5.82 Å². The van der Waals surface area contributed by atoms with Crippen molar-refractivity contribution in [3.05, 3.63) is 30.1 Å². The number of carbonyl (C=O) groups is 1. The summed E-state index contributed by atoms with van der Waals surface area (Å²) in [6.45, 7) is 3.46. The number of nitrogens with one attached hydrogen (secondary N) is 1.